The van der Waals surface area contributed by atoms with E-state index in [2.05, 4.69) is 0 Å². The van der Waals surface area contributed by atoms with E-state index < -0.39 is 4.92 Å². The van der Waals surface area contributed by atoms with E-state index in [1.165, 1.54) is 12.1 Å². The SMILES string of the molecule is O=[N+]([O-])c1cccc(COc2ccc(CCl)cc2)c1. The average Bonchev–Trinajstić information content (AvgIpc) is 2.46. The number of alkyl halides is 1. The second-order valence-corrected chi connectivity index (χ2v) is 4.26. The van der Waals surface area contributed by atoms with E-state index in [0.29, 0.717) is 18.2 Å². The topological polar surface area (TPSA) is 52.4 Å². The first-order valence-electron chi connectivity index (χ1n) is 5.70. The van der Waals surface area contributed by atoms with Crippen LogP contribution in [0.5, 0.6) is 5.75 Å². The van der Waals surface area contributed by atoms with Crippen molar-refractivity contribution < 1.29 is 9.66 Å². The van der Waals surface area contributed by atoms with Crippen molar-refractivity contribution in [1.82, 2.24) is 0 Å². The summed E-state index contributed by atoms with van der Waals surface area (Å²) in [5.74, 6) is 1.17. The highest BCUT2D eigenvalue weighted by molar-refractivity contribution is 6.17. The van der Waals surface area contributed by atoms with Crippen LogP contribution in [0.25, 0.3) is 0 Å². The fourth-order valence-corrected chi connectivity index (χ4v) is 1.78. The summed E-state index contributed by atoms with van der Waals surface area (Å²) in [6, 6.07) is 13.8. The molecule has 98 valence electrons. The molecule has 0 aliphatic rings. The molecule has 0 amide bonds. The van der Waals surface area contributed by atoms with Crippen LogP contribution in [-0.4, -0.2) is 4.92 Å². The highest BCUT2D eigenvalue weighted by Gasteiger charge is 2.05. The van der Waals surface area contributed by atoms with Crippen molar-refractivity contribution >= 4 is 17.3 Å². The number of nitro benzene ring substituents is 1. The van der Waals surface area contributed by atoms with Gasteiger partial charge >= 0.3 is 0 Å². The molecule has 0 saturated carbocycles. The first-order chi connectivity index (χ1) is 9.19. The fourth-order valence-electron chi connectivity index (χ4n) is 1.60. The molecule has 0 atom stereocenters. The lowest BCUT2D eigenvalue weighted by atomic mass is 10.2. The van der Waals surface area contributed by atoms with Crippen LogP contribution in [0.15, 0.2) is 48.5 Å². The Morgan fingerprint density at radius 2 is 1.84 bits per heavy atom. The molecule has 2 aromatic carbocycles. The zero-order chi connectivity index (χ0) is 13.7. The molecular formula is C14H12ClNO3. The molecule has 0 aromatic heterocycles. The summed E-state index contributed by atoms with van der Waals surface area (Å²) in [7, 11) is 0. The molecule has 2 rings (SSSR count). The maximum absolute atomic E-state index is 10.7. The molecule has 0 saturated heterocycles. The van der Waals surface area contributed by atoms with Crippen molar-refractivity contribution in [2.45, 2.75) is 12.5 Å². The van der Waals surface area contributed by atoms with E-state index in [9.17, 15) is 10.1 Å². The van der Waals surface area contributed by atoms with Crippen LogP contribution in [0, 0.1) is 10.1 Å². The minimum absolute atomic E-state index is 0.0681. The van der Waals surface area contributed by atoms with Crippen molar-refractivity contribution in [1.29, 1.82) is 0 Å². The Morgan fingerprint density at radius 3 is 2.47 bits per heavy atom. The van der Waals surface area contributed by atoms with Crippen LogP contribution in [0.1, 0.15) is 11.1 Å². The number of halogens is 1. The molecule has 0 aliphatic heterocycles. The van der Waals surface area contributed by atoms with Gasteiger partial charge in [-0.15, -0.1) is 11.6 Å². The smallest absolute Gasteiger partial charge is 0.269 e. The zero-order valence-corrected chi connectivity index (χ0v) is 10.8. The first-order valence-corrected chi connectivity index (χ1v) is 6.23. The van der Waals surface area contributed by atoms with Crippen LogP contribution in [0.4, 0.5) is 5.69 Å². The first kappa shape index (κ1) is 13.4. The molecular weight excluding hydrogens is 266 g/mol. The third kappa shape index (κ3) is 3.69. The Labute approximate surface area is 115 Å². The van der Waals surface area contributed by atoms with Crippen molar-refractivity contribution in [2.24, 2.45) is 0 Å². The normalized spacial score (nSPS) is 10.2. The predicted octanol–water partition coefficient (Wildman–Crippen LogP) is 3.91. The number of nitrogens with zero attached hydrogens (tertiary/aromatic N) is 1. The minimum atomic E-state index is -0.418. The Bertz CT molecular complexity index is 569. The second kappa shape index (κ2) is 6.20. The monoisotopic (exact) mass is 277 g/mol. The second-order valence-electron chi connectivity index (χ2n) is 3.99. The Morgan fingerprint density at radius 1 is 1.11 bits per heavy atom. The van der Waals surface area contributed by atoms with E-state index in [1.54, 1.807) is 12.1 Å². The maximum atomic E-state index is 10.7. The molecule has 19 heavy (non-hydrogen) atoms. The lowest BCUT2D eigenvalue weighted by Crippen LogP contribution is -1.97. The van der Waals surface area contributed by atoms with Crippen molar-refractivity contribution in [3.63, 3.8) is 0 Å². The lowest BCUT2D eigenvalue weighted by molar-refractivity contribution is -0.384. The third-order valence-electron chi connectivity index (χ3n) is 2.60. The van der Waals surface area contributed by atoms with Gasteiger partial charge in [-0.25, -0.2) is 0 Å². The highest BCUT2D eigenvalue weighted by atomic mass is 35.5. The Balaban J connectivity index is 2.01. The van der Waals surface area contributed by atoms with Gasteiger partial charge < -0.3 is 4.74 Å². The largest absolute Gasteiger partial charge is 0.489 e. The highest BCUT2D eigenvalue weighted by Crippen LogP contribution is 2.17. The number of non-ortho nitro benzene ring substituents is 1. The van der Waals surface area contributed by atoms with Crippen LogP contribution < -0.4 is 4.74 Å². The van der Waals surface area contributed by atoms with Crippen LogP contribution in [0.2, 0.25) is 0 Å². The quantitative estimate of drug-likeness (QED) is 0.473. The lowest BCUT2D eigenvalue weighted by Gasteiger charge is -2.06. The van der Waals surface area contributed by atoms with Gasteiger partial charge in [-0.1, -0.05) is 24.3 Å². The maximum Gasteiger partial charge on any atom is 0.269 e. The standard InChI is InChI=1S/C14H12ClNO3/c15-9-11-4-6-14(7-5-11)19-10-12-2-1-3-13(8-12)16(17)18/h1-8H,9-10H2. The summed E-state index contributed by atoms with van der Waals surface area (Å²) in [5.41, 5.74) is 1.85. The van der Waals surface area contributed by atoms with Crippen molar-refractivity contribution in [3.05, 3.63) is 69.8 Å². The summed E-state index contributed by atoms with van der Waals surface area (Å²) in [4.78, 5) is 10.2. The number of rotatable bonds is 5. The average molecular weight is 278 g/mol. The molecule has 2 aromatic rings. The number of nitro groups is 1. The van der Waals surface area contributed by atoms with Crippen LogP contribution in [0.3, 0.4) is 0 Å². The van der Waals surface area contributed by atoms with Gasteiger partial charge in [-0.05, 0) is 23.3 Å². The zero-order valence-electron chi connectivity index (χ0n) is 10.1. The summed E-state index contributed by atoms with van der Waals surface area (Å²) in [6.07, 6.45) is 0. The van der Waals surface area contributed by atoms with E-state index in [0.717, 1.165) is 11.1 Å². The molecule has 0 unspecified atom stereocenters. The summed E-state index contributed by atoms with van der Waals surface area (Å²) in [6.45, 7) is 0.294. The molecule has 4 nitrogen and oxygen atoms in total. The molecule has 5 heteroatoms. The van der Waals surface area contributed by atoms with E-state index in [4.69, 9.17) is 16.3 Å². The van der Waals surface area contributed by atoms with Gasteiger partial charge in [-0.2, -0.15) is 0 Å². The molecule has 0 aliphatic carbocycles. The number of ether oxygens (including phenoxy) is 1. The van der Waals surface area contributed by atoms with Gasteiger partial charge in [0.05, 0.1) is 4.92 Å². The van der Waals surface area contributed by atoms with Crippen molar-refractivity contribution in [3.8, 4) is 5.75 Å². The number of hydrogen-bond donors (Lipinski definition) is 0. The van der Waals surface area contributed by atoms with Crippen LogP contribution >= 0.6 is 11.6 Å². The van der Waals surface area contributed by atoms with Gasteiger partial charge in [0, 0.05) is 18.0 Å². The Hall–Kier alpha value is -2.07. The Kier molecular flexibility index (Phi) is 4.36. The molecule has 0 fully saturated rings. The minimum Gasteiger partial charge on any atom is -0.489 e. The van der Waals surface area contributed by atoms with Crippen molar-refractivity contribution in [2.75, 3.05) is 0 Å². The number of hydrogen-bond acceptors (Lipinski definition) is 3. The number of benzene rings is 2. The van der Waals surface area contributed by atoms with Gasteiger partial charge in [0.2, 0.25) is 0 Å². The van der Waals surface area contributed by atoms with Gasteiger partial charge in [0.1, 0.15) is 12.4 Å². The third-order valence-corrected chi connectivity index (χ3v) is 2.91. The summed E-state index contributed by atoms with van der Waals surface area (Å²) >= 11 is 5.69. The molecule has 0 bridgehead atoms. The summed E-state index contributed by atoms with van der Waals surface area (Å²) in [5, 5.41) is 10.7. The van der Waals surface area contributed by atoms with E-state index in [1.807, 2.05) is 24.3 Å². The molecule has 0 spiro atoms. The van der Waals surface area contributed by atoms with Gasteiger partial charge in [-0.3, -0.25) is 10.1 Å². The molecule has 0 radical (unpaired) electrons. The summed E-state index contributed by atoms with van der Waals surface area (Å²) < 4.78 is 5.56. The van der Waals surface area contributed by atoms with Gasteiger partial charge in [0.25, 0.3) is 5.69 Å². The predicted molar refractivity (Wildman–Crippen MR) is 73.4 cm³/mol. The molecule has 0 heterocycles. The van der Waals surface area contributed by atoms with Crippen LogP contribution in [-0.2, 0) is 12.5 Å². The van der Waals surface area contributed by atoms with Gasteiger partial charge in [0.15, 0.2) is 0 Å². The van der Waals surface area contributed by atoms with E-state index in [-0.39, 0.29) is 5.69 Å². The van der Waals surface area contributed by atoms with E-state index >= 15 is 0 Å². The fraction of sp³-hybridized carbons (Fsp3) is 0.143. The molecule has 0 N–H and O–H groups in total.